The lowest BCUT2D eigenvalue weighted by Crippen LogP contribution is -2.60. The Morgan fingerprint density at radius 3 is 2.56 bits per heavy atom. The second kappa shape index (κ2) is 7.86. The minimum absolute atomic E-state index is 0.0943. The SMILES string of the molecule is COC(CCCCC/C=C\[C@]12OC(C)(C)O[C@@H]1[C@@H]1C=C[C@H]2OO1)OC. The molecule has 0 saturated carbocycles. The third kappa shape index (κ3) is 3.99. The van der Waals surface area contributed by atoms with Gasteiger partial charge >= 0.3 is 0 Å². The lowest BCUT2D eigenvalue weighted by Gasteiger charge is -2.44. The fraction of sp³-hybridized carbons (Fsp3) is 0.789. The van der Waals surface area contributed by atoms with Gasteiger partial charge in [0.1, 0.15) is 18.3 Å². The Morgan fingerprint density at radius 1 is 1.08 bits per heavy atom. The molecule has 2 bridgehead atoms. The van der Waals surface area contributed by atoms with Crippen molar-refractivity contribution in [2.75, 3.05) is 14.2 Å². The normalized spacial score (nSPS) is 35.8. The maximum Gasteiger partial charge on any atom is 0.164 e. The van der Waals surface area contributed by atoms with Gasteiger partial charge in [-0.15, -0.1) is 0 Å². The highest BCUT2D eigenvalue weighted by atomic mass is 17.2. The maximum atomic E-state index is 6.26. The van der Waals surface area contributed by atoms with Crippen molar-refractivity contribution in [1.82, 2.24) is 0 Å². The van der Waals surface area contributed by atoms with E-state index in [1.54, 1.807) is 14.2 Å². The van der Waals surface area contributed by atoms with Crippen LogP contribution >= 0.6 is 0 Å². The molecule has 0 aromatic heterocycles. The van der Waals surface area contributed by atoms with Crippen LogP contribution in [-0.4, -0.2) is 50.2 Å². The number of unbranched alkanes of at least 4 members (excludes halogenated alkanes) is 3. The second-order valence-electron chi connectivity index (χ2n) is 7.30. The van der Waals surface area contributed by atoms with Crippen LogP contribution in [0.25, 0.3) is 0 Å². The molecule has 2 fully saturated rings. The van der Waals surface area contributed by atoms with Crippen molar-refractivity contribution in [3.05, 3.63) is 24.3 Å². The van der Waals surface area contributed by atoms with E-state index in [1.807, 2.05) is 26.0 Å². The lowest BCUT2D eigenvalue weighted by atomic mass is 9.81. The molecule has 0 amide bonds. The Hall–Kier alpha value is -0.760. The Bertz CT molecular complexity index is 498. The fourth-order valence-corrected chi connectivity index (χ4v) is 3.80. The third-order valence-electron chi connectivity index (χ3n) is 4.98. The maximum absolute atomic E-state index is 6.26. The molecule has 0 spiro atoms. The number of rotatable bonds is 9. The summed E-state index contributed by atoms with van der Waals surface area (Å²) in [7, 11) is 3.35. The molecule has 142 valence electrons. The van der Waals surface area contributed by atoms with E-state index >= 15 is 0 Å². The van der Waals surface area contributed by atoms with Crippen LogP contribution in [0.1, 0.15) is 46.0 Å². The van der Waals surface area contributed by atoms with Gasteiger partial charge in [0.2, 0.25) is 0 Å². The summed E-state index contributed by atoms with van der Waals surface area (Å²) in [6.45, 7) is 3.87. The average molecular weight is 354 g/mol. The van der Waals surface area contributed by atoms with Gasteiger partial charge in [-0.25, -0.2) is 9.78 Å². The van der Waals surface area contributed by atoms with Gasteiger partial charge in [-0.2, -0.15) is 0 Å². The van der Waals surface area contributed by atoms with E-state index < -0.39 is 11.4 Å². The van der Waals surface area contributed by atoms with Crippen molar-refractivity contribution in [3.8, 4) is 0 Å². The molecule has 25 heavy (non-hydrogen) atoms. The molecule has 6 heteroatoms. The first kappa shape index (κ1) is 19.0. The second-order valence-corrected chi connectivity index (χ2v) is 7.30. The first-order chi connectivity index (χ1) is 12.0. The van der Waals surface area contributed by atoms with Crippen molar-refractivity contribution in [1.29, 1.82) is 0 Å². The summed E-state index contributed by atoms with van der Waals surface area (Å²) >= 11 is 0. The molecule has 0 radical (unpaired) electrons. The van der Waals surface area contributed by atoms with E-state index in [0.717, 1.165) is 32.1 Å². The molecule has 0 unspecified atom stereocenters. The minimum Gasteiger partial charge on any atom is -0.356 e. The molecular formula is C19H30O6. The van der Waals surface area contributed by atoms with E-state index in [0.29, 0.717) is 0 Å². The smallest absolute Gasteiger partial charge is 0.164 e. The van der Waals surface area contributed by atoms with E-state index in [1.165, 1.54) is 0 Å². The van der Waals surface area contributed by atoms with Crippen molar-refractivity contribution in [3.63, 3.8) is 0 Å². The molecule has 3 aliphatic heterocycles. The van der Waals surface area contributed by atoms with Crippen LogP contribution in [-0.2, 0) is 28.7 Å². The van der Waals surface area contributed by atoms with Gasteiger partial charge < -0.3 is 18.9 Å². The standard InChI is InChI=1S/C19H30O6/c1-18(2)22-17-14-11-12-15(24-23-14)19(17,25-18)13-9-7-5-6-8-10-16(20-3)21-4/h9,11-17H,5-8,10H2,1-4H3/b13-9-/t14-,15+,17+,19+/m0/s1. The van der Waals surface area contributed by atoms with Crippen molar-refractivity contribution >= 4 is 0 Å². The Balaban J connectivity index is 1.51. The first-order valence-electron chi connectivity index (χ1n) is 9.12. The predicted molar refractivity (Wildman–Crippen MR) is 91.7 cm³/mol. The van der Waals surface area contributed by atoms with Crippen LogP contribution in [0.2, 0.25) is 0 Å². The Morgan fingerprint density at radius 2 is 1.88 bits per heavy atom. The predicted octanol–water partition coefficient (Wildman–Crippen LogP) is 3.27. The van der Waals surface area contributed by atoms with Gasteiger partial charge in [0, 0.05) is 14.2 Å². The number of hydrogen-bond acceptors (Lipinski definition) is 6. The average Bonchev–Trinajstić information content (AvgIpc) is 2.91. The van der Waals surface area contributed by atoms with Crippen molar-refractivity contribution < 1.29 is 28.7 Å². The number of methoxy groups -OCH3 is 2. The highest BCUT2D eigenvalue weighted by molar-refractivity contribution is 5.27. The van der Waals surface area contributed by atoms with Crippen LogP contribution in [0.5, 0.6) is 0 Å². The van der Waals surface area contributed by atoms with Gasteiger partial charge in [0.25, 0.3) is 0 Å². The zero-order valence-corrected chi connectivity index (χ0v) is 15.6. The van der Waals surface area contributed by atoms with Crippen LogP contribution in [0.3, 0.4) is 0 Å². The summed E-state index contributed by atoms with van der Waals surface area (Å²) < 4.78 is 22.7. The van der Waals surface area contributed by atoms with Gasteiger partial charge in [-0.05, 0) is 39.5 Å². The molecule has 1 aliphatic carbocycles. The number of fused-ring (bicyclic) bond motifs is 1. The summed E-state index contributed by atoms with van der Waals surface area (Å²) in [6, 6.07) is 0. The summed E-state index contributed by atoms with van der Waals surface area (Å²) in [6.07, 6.45) is 12.8. The zero-order chi connectivity index (χ0) is 17.9. The molecule has 0 aromatic rings. The lowest BCUT2D eigenvalue weighted by molar-refractivity contribution is -0.399. The van der Waals surface area contributed by atoms with E-state index in [2.05, 4.69) is 12.2 Å². The number of ether oxygens (including phenoxy) is 4. The van der Waals surface area contributed by atoms with Crippen LogP contribution < -0.4 is 0 Å². The highest BCUT2D eigenvalue weighted by Gasteiger charge is 2.63. The summed E-state index contributed by atoms with van der Waals surface area (Å²) in [4.78, 5) is 10.8. The summed E-state index contributed by atoms with van der Waals surface area (Å²) in [5.41, 5.74) is -0.599. The zero-order valence-electron chi connectivity index (χ0n) is 15.6. The molecule has 3 heterocycles. The van der Waals surface area contributed by atoms with Crippen molar-refractivity contribution in [2.45, 2.75) is 81.9 Å². The van der Waals surface area contributed by atoms with E-state index in [4.69, 9.17) is 28.7 Å². The van der Waals surface area contributed by atoms with Crippen LogP contribution in [0.4, 0.5) is 0 Å². The fourth-order valence-electron chi connectivity index (χ4n) is 3.80. The minimum atomic E-state index is -0.649. The van der Waals surface area contributed by atoms with Crippen LogP contribution in [0.15, 0.2) is 24.3 Å². The number of hydrogen-bond donors (Lipinski definition) is 0. The number of allylic oxidation sites excluding steroid dienone is 1. The van der Waals surface area contributed by atoms with E-state index in [-0.39, 0.29) is 24.6 Å². The third-order valence-corrected chi connectivity index (χ3v) is 4.98. The molecule has 4 aliphatic rings. The van der Waals surface area contributed by atoms with Crippen LogP contribution in [0, 0.1) is 0 Å². The quantitative estimate of drug-likeness (QED) is 0.274. The molecule has 0 aromatic carbocycles. The summed E-state index contributed by atoms with van der Waals surface area (Å²) in [5, 5.41) is 0. The molecule has 6 nitrogen and oxygen atoms in total. The summed E-state index contributed by atoms with van der Waals surface area (Å²) in [5.74, 6) is -0.649. The van der Waals surface area contributed by atoms with Gasteiger partial charge in [-0.1, -0.05) is 30.7 Å². The topological polar surface area (TPSA) is 55.4 Å². The first-order valence-corrected chi connectivity index (χ1v) is 9.12. The molecule has 0 N–H and O–H groups in total. The molecular weight excluding hydrogens is 324 g/mol. The van der Waals surface area contributed by atoms with Gasteiger partial charge in [0.15, 0.2) is 17.7 Å². The highest BCUT2D eigenvalue weighted by Crippen LogP contribution is 2.48. The van der Waals surface area contributed by atoms with Crippen molar-refractivity contribution in [2.24, 2.45) is 0 Å². The van der Waals surface area contributed by atoms with Gasteiger partial charge in [0.05, 0.1) is 0 Å². The van der Waals surface area contributed by atoms with E-state index in [9.17, 15) is 0 Å². The molecule has 4 atom stereocenters. The monoisotopic (exact) mass is 354 g/mol. The molecule has 4 rings (SSSR count). The van der Waals surface area contributed by atoms with Gasteiger partial charge in [-0.3, -0.25) is 0 Å². The molecule has 2 saturated heterocycles. The Labute approximate surface area is 150 Å². The Kier molecular flexibility index (Phi) is 5.98. The largest absolute Gasteiger partial charge is 0.356 e.